The lowest BCUT2D eigenvalue weighted by Gasteiger charge is -2.29. The second kappa shape index (κ2) is 5.88. The summed E-state index contributed by atoms with van der Waals surface area (Å²) >= 11 is 0. The van der Waals surface area contributed by atoms with E-state index in [1.807, 2.05) is 0 Å². The summed E-state index contributed by atoms with van der Waals surface area (Å²) in [6.07, 6.45) is 4.01. The van der Waals surface area contributed by atoms with E-state index in [1.54, 1.807) is 12.1 Å². The van der Waals surface area contributed by atoms with Gasteiger partial charge in [0, 0.05) is 24.2 Å². The minimum absolute atomic E-state index is 0. The first-order valence-corrected chi connectivity index (χ1v) is 8.76. The summed E-state index contributed by atoms with van der Waals surface area (Å²) in [5.74, 6) is 1.08. The summed E-state index contributed by atoms with van der Waals surface area (Å²) in [4.78, 5) is 0.234. The zero-order chi connectivity index (χ0) is 14.4. The number of piperidine rings is 1. The molecule has 4 rings (SSSR count). The van der Waals surface area contributed by atoms with Crippen molar-refractivity contribution >= 4 is 22.4 Å². The van der Waals surface area contributed by atoms with Crippen molar-refractivity contribution in [2.45, 2.75) is 48.7 Å². The Balaban J connectivity index is 0.00000144. The molecule has 3 heterocycles. The zero-order valence-corrected chi connectivity index (χ0v) is 13.6. The van der Waals surface area contributed by atoms with E-state index in [0.717, 1.165) is 25.7 Å². The highest BCUT2D eigenvalue weighted by atomic mass is 35.5. The molecule has 3 aliphatic rings. The van der Waals surface area contributed by atoms with Gasteiger partial charge in [-0.2, -0.15) is 0 Å². The van der Waals surface area contributed by atoms with Crippen LogP contribution in [0.4, 0.5) is 0 Å². The van der Waals surface area contributed by atoms with Crippen LogP contribution in [0.2, 0.25) is 0 Å². The third kappa shape index (κ3) is 2.90. The molecule has 6 nitrogen and oxygen atoms in total. The van der Waals surface area contributed by atoms with Crippen molar-refractivity contribution in [3.05, 3.63) is 18.2 Å². The van der Waals surface area contributed by atoms with Gasteiger partial charge >= 0.3 is 0 Å². The first-order chi connectivity index (χ1) is 10.1. The number of nitrogens with one attached hydrogen (secondary N) is 2. The van der Waals surface area contributed by atoms with Gasteiger partial charge in [0.2, 0.25) is 16.8 Å². The largest absolute Gasteiger partial charge is 0.454 e. The fourth-order valence-electron chi connectivity index (χ4n) is 3.48. The first-order valence-electron chi connectivity index (χ1n) is 7.28. The summed E-state index contributed by atoms with van der Waals surface area (Å²) < 4.78 is 38.3. The Bertz CT molecular complexity index is 655. The number of benzene rings is 1. The molecule has 8 heteroatoms. The number of hydrogen-bond donors (Lipinski definition) is 2. The summed E-state index contributed by atoms with van der Waals surface area (Å²) in [5.41, 5.74) is 0. The Morgan fingerprint density at radius 1 is 1.09 bits per heavy atom. The van der Waals surface area contributed by atoms with Crippen LogP contribution in [0.1, 0.15) is 25.7 Å². The molecule has 22 heavy (non-hydrogen) atoms. The molecule has 2 atom stereocenters. The van der Waals surface area contributed by atoms with Gasteiger partial charge < -0.3 is 14.8 Å². The van der Waals surface area contributed by atoms with E-state index in [-0.39, 0.29) is 30.1 Å². The molecule has 0 aromatic heterocycles. The van der Waals surface area contributed by atoms with Crippen LogP contribution in [0.25, 0.3) is 0 Å². The van der Waals surface area contributed by atoms with Gasteiger partial charge in [0.1, 0.15) is 0 Å². The number of ether oxygens (including phenoxy) is 2. The Morgan fingerprint density at radius 3 is 2.50 bits per heavy atom. The molecular weight excluding hydrogens is 328 g/mol. The average Bonchev–Trinajstić information content (AvgIpc) is 3.04. The molecule has 1 aromatic rings. The van der Waals surface area contributed by atoms with E-state index in [2.05, 4.69) is 10.0 Å². The van der Waals surface area contributed by atoms with Gasteiger partial charge in [-0.1, -0.05) is 0 Å². The molecule has 0 amide bonds. The van der Waals surface area contributed by atoms with Crippen molar-refractivity contribution < 1.29 is 17.9 Å². The van der Waals surface area contributed by atoms with Crippen molar-refractivity contribution in [1.29, 1.82) is 0 Å². The third-order valence-corrected chi connectivity index (χ3v) is 5.97. The van der Waals surface area contributed by atoms with E-state index in [0.29, 0.717) is 23.6 Å². The molecule has 2 saturated heterocycles. The fourth-order valence-corrected chi connectivity index (χ4v) is 4.76. The van der Waals surface area contributed by atoms with E-state index in [9.17, 15) is 8.42 Å². The monoisotopic (exact) mass is 346 g/mol. The Labute approximate surface area is 136 Å². The second-order valence-electron chi connectivity index (χ2n) is 5.94. The van der Waals surface area contributed by atoms with Crippen LogP contribution in [0.15, 0.2) is 23.1 Å². The summed E-state index contributed by atoms with van der Waals surface area (Å²) in [6, 6.07) is 5.65. The SMILES string of the molecule is Cl.O=S(=O)(NC1CC2CCC(C1)N2)c1ccc2c(c1)OCO2. The molecule has 2 unspecified atom stereocenters. The maximum absolute atomic E-state index is 12.5. The van der Waals surface area contributed by atoms with Crippen molar-refractivity contribution in [2.75, 3.05) is 6.79 Å². The maximum atomic E-state index is 12.5. The predicted molar refractivity (Wildman–Crippen MR) is 83.1 cm³/mol. The highest BCUT2D eigenvalue weighted by molar-refractivity contribution is 7.89. The Hall–Kier alpha value is -1.02. The topological polar surface area (TPSA) is 76.7 Å². The van der Waals surface area contributed by atoms with Gasteiger partial charge in [0.15, 0.2) is 11.5 Å². The Kier molecular flexibility index (Phi) is 4.24. The highest BCUT2D eigenvalue weighted by Crippen LogP contribution is 2.34. The maximum Gasteiger partial charge on any atom is 0.240 e. The molecule has 3 aliphatic heterocycles. The summed E-state index contributed by atoms with van der Waals surface area (Å²) in [5, 5.41) is 3.51. The van der Waals surface area contributed by atoms with E-state index in [4.69, 9.17) is 9.47 Å². The second-order valence-corrected chi connectivity index (χ2v) is 7.66. The number of sulfonamides is 1. The lowest BCUT2D eigenvalue weighted by atomic mass is 10.0. The standard InChI is InChI=1S/C14H18N2O4S.ClH/c17-21(18,12-3-4-13-14(7-12)20-8-19-13)16-11-5-9-1-2-10(6-11)15-9;/h3-4,7,9-11,15-16H,1-2,5-6,8H2;1H. The Morgan fingerprint density at radius 2 is 1.77 bits per heavy atom. The molecule has 2 fully saturated rings. The van der Waals surface area contributed by atoms with Gasteiger partial charge in [-0.15, -0.1) is 12.4 Å². The van der Waals surface area contributed by atoms with Crippen LogP contribution in [0.5, 0.6) is 11.5 Å². The molecule has 2 N–H and O–H groups in total. The number of rotatable bonds is 3. The van der Waals surface area contributed by atoms with Crippen LogP contribution >= 0.6 is 12.4 Å². The lowest BCUT2D eigenvalue weighted by Crippen LogP contribution is -2.47. The molecular formula is C14H19ClN2O4S. The van der Waals surface area contributed by atoms with Crippen molar-refractivity contribution in [2.24, 2.45) is 0 Å². The molecule has 0 spiro atoms. The van der Waals surface area contributed by atoms with Crippen molar-refractivity contribution in [3.63, 3.8) is 0 Å². The molecule has 0 aliphatic carbocycles. The smallest absolute Gasteiger partial charge is 0.240 e. The quantitative estimate of drug-likeness (QED) is 0.865. The van der Waals surface area contributed by atoms with E-state index < -0.39 is 10.0 Å². The minimum Gasteiger partial charge on any atom is -0.454 e. The molecule has 0 saturated carbocycles. The highest BCUT2D eigenvalue weighted by Gasteiger charge is 2.35. The first kappa shape index (κ1) is 15.9. The van der Waals surface area contributed by atoms with Crippen LogP contribution < -0.4 is 19.5 Å². The van der Waals surface area contributed by atoms with Gasteiger partial charge in [0.05, 0.1) is 4.90 Å². The van der Waals surface area contributed by atoms with Crippen LogP contribution in [0.3, 0.4) is 0 Å². The molecule has 122 valence electrons. The third-order valence-electron chi connectivity index (χ3n) is 4.45. The van der Waals surface area contributed by atoms with Crippen LogP contribution in [-0.4, -0.2) is 33.3 Å². The molecule has 2 bridgehead atoms. The van der Waals surface area contributed by atoms with Gasteiger partial charge in [-0.25, -0.2) is 13.1 Å². The van der Waals surface area contributed by atoms with E-state index in [1.165, 1.54) is 6.07 Å². The minimum atomic E-state index is -3.51. The van der Waals surface area contributed by atoms with Crippen molar-refractivity contribution in [3.8, 4) is 11.5 Å². The fraction of sp³-hybridized carbons (Fsp3) is 0.571. The lowest BCUT2D eigenvalue weighted by molar-refractivity contribution is 0.174. The van der Waals surface area contributed by atoms with Crippen molar-refractivity contribution in [1.82, 2.24) is 10.0 Å². The van der Waals surface area contributed by atoms with E-state index >= 15 is 0 Å². The number of halogens is 1. The van der Waals surface area contributed by atoms with Crippen LogP contribution in [-0.2, 0) is 10.0 Å². The van der Waals surface area contributed by atoms with Crippen LogP contribution in [0, 0.1) is 0 Å². The number of hydrogen-bond acceptors (Lipinski definition) is 5. The zero-order valence-electron chi connectivity index (χ0n) is 11.9. The molecule has 1 aromatic carbocycles. The van der Waals surface area contributed by atoms with Gasteiger partial charge in [0.25, 0.3) is 0 Å². The predicted octanol–water partition coefficient (Wildman–Crippen LogP) is 1.40. The summed E-state index contributed by atoms with van der Waals surface area (Å²) in [6.45, 7) is 0.143. The average molecular weight is 347 g/mol. The number of fused-ring (bicyclic) bond motifs is 3. The molecule has 0 radical (unpaired) electrons. The normalized spacial score (nSPS) is 29.2. The van der Waals surface area contributed by atoms with Gasteiger partial charge in [-0.05, 0) is 37.8 Å². The summed E-state index contributed by atoms with van der Waals surface area (Å²) in [7, 11) is -3.51. The van der Waals surface area contributed by atoms with Gasteiger partial charge in [-0.3, -0.25) is 0 Å².